The zero-order valence-electron chi connectivity index (χ0n) is 88.5. The van der Waals surface area contributed by atoms with E-state index in [0.717, 1.165) is 86.7 Å². The maximum atomic E-state index is 12.8. The Morgan fingerprint density at radius 2 is 0.836 bits per heavy atom. The van der Waals surface area contributed by atoms with Gasteiger partial charge in [-0.05, 0) is 170 Å². The smallest absolute Gasteiger partial charge is 0.303 e. The van der Waals surface area contributed by atoms with Crippen molar-refractivity contribution in [1.82, 2.24) is 0 Å². The summed E-state index contributed by atoms with van der Waals surface area (Å²) in [6.45, 7) is 37.7. The van der Waals surface area contributed by atoms with Gasteiger partial charge in [0.15, 0.2) is 47.0 Å². The summed E-state index contributed by atoms with van der Waals surface area (Å²) in [6, 6.07) is 10.4. The van der Waals surface area contributed by atoms with Gasteiger partial charge in [0.2, 0.25) is 46.2 Å². The zero-order chi connectivity index (χ0) is 105. The Bertz CT molecular complexity index is 4710. The number of ether oxygens (including phenoxy) is 13. The number of allylic oxidation sites excluding steroid dienone is 20. The molecule has 0 bridgehead atoms. The Morgan fingerprint density at radius 3 is 1.23 bits per heavy atom. The number of thioether (sulfide) groups is 1. The largest absolute Gasteiger partial charge is 0.497 e. The third-order valence-electron chi connectivity index (χ3n) is 27.8. The van der Waals surface area contributed by atoms with Gasteiger partial charge >= 0.3 is 5.97 Å². The standard InChI is InChI=1S/C27H40O6.C25H38O5.C21H34O9.C21H28O4.C17H26O4S/c1-16(10-9-11-17(2)14-22-15-18(3)20(5)32-22)12-13-23-19(4)24(29)26(30-7)27(31-8)25(23)33-21(6)28;1-16(12-9-13-18(3)20(5)26)10-8-11-17(2)14-15-21-19(4)22(27)24(29-6)25(30-7)23(21)28;1-10(9-29-21-18(26)15(23)12(3)14(8-22)30-21)6-7-13-11(2)16(24)19(27-4)20(28-5)17(13)25;1-14(10-12-16-8-6-5-7-9-16)11-13-17-15(2)18(22)20(24-3)21(25-4)19(17)23;1-6-12(18)9-10(2)7-8-13-11(3)14(19)17(22-5)16(21-4)15(13)20/h11-12,18-19,22-23,25H,5,9-10,13-15H2,1-4,6-8H3;10,13-14,19,21,23,28H,8-9,11-12,15H2,1-7H3;6,11-15,17-18,21-23,25-26H,7-9H2,1-5H3;5-9,11,15,17,19,23H,10,12-13H2,1-4H3;7,11,13,15,20H,6,8-9H2,1-5H3/b16-12+,17-11+;16-10+,17-14+,18-13+;10-6+;14-11+;10-7+/t18?,19-,22?,23-,25-;;11?,12-,13?,14?,15?,17?,18+,21-;;/m1.0../s1. The summed E-state index contributed by atoms with van der Waals surface area (Å²) in [7, 11) is 12.9. The normalized spacial score (nSPS) is 28.5. The van der Waals surface area contributed by atoms with E-state index in [1.807, 2.05) is 98.1 Å². The lowest BCUT2D eigenvalue weighted by Crippen LogP contribution is -2.55. The van der Waals surface area contributed by atoms with E-state index in [-0.39, 0.29) is 159 Å². The lowest BCUT2D eigenvalue weighted by atomic mass is 9.77. The molecule has 7 aliphatic rings. The molecule has 0 radical (unpaired) electrons. The van der Waals surface area contributed by atoms with Crippen LogP contribution in [0.25, 0.3) is 0 Å². The quantitative estimate of drug-likeness (QED) is 0.0181. The molecule has 2 fully saturated rings. The van der Waals surface area contributed by atoms with Gasteiger partial charge in [0.1, 0.15) is 48.2 Å². The summed E-state index contributed by atoms with van der Waals surface area (Å²) in [4.78, 5) is 97.6. The first-order valence-electron chi connectivity index (χ1n) is 48.9. The fourth-order valence-corrected chi connectivity index (χ4v) is 18.9. The first-order chi connectivity index (χ1) is 66.2. The number of aryl methyl sites for hydroxylation is 1. The van der Waals surface area contributed by atoms with E-state index < -0.39 is 72.9 Å². The van der Waals surface area contributed by atoms with Crippen molar-refractivity contribution >= 4 is 58.2 Å². The number of hydrogen-bond donors (Lipinski definition) is 7. The maximum absolute atomic E-state index is 12.8. The molecule has 22 atom stereocenters. The monoisotopic (exact) mass is 1980 g/mol. The van der Waals surface area contributed by atoms with Crippen LogP contribution in [0.5, 0.6) is 0 Å². The molecule has 8 rings (SSSR count). The van der Waals surface area contributed by atoms with Crippen LogP contribution < -0.4 is 0 Å². The minimum Gasteiger partial charge on any atom is -0.497 e. The number of benzene rings is 1. The van der Waals surface area contributed by atoms with E-state index in [0.29, 0.717) is 61.5 Å². The number of hydrogen-bond acceptors (Lipinski definition) is 29. The van der Waals surface area contributed by atoms with E-state index in [1.54, 1.807) is 20.8 Å². The number of rotatable bonds is 43. The second-order valence-electron chi connectivity index (χ2n) is 38.0. The van der Waals surface area contributed by atoms with E-state index in [9.17, 15) is 74.1 Å². The zero-order valence-corrected chi connectivity index (χ0v) is 89.3. The first-order valence-corrected chi connectivity index (χ1v) is 50.1. The number of aliphatic hydroxyl groups excluding tert-OH is 7. The molecule has 29 heteroatoms. The Balaban J connectivity index is 0.000000367. The highest BCUT2D eigenvalue weighted by atomic mass is 32.2. The van der Waals surface area contributed by atoms with Gasteiger partial charge in [-0.1, -0.05) is 180 Å². The Morgan fingerprint density at radius 1 is 0.457 bits per heavy atom. The van der Waals surface area contributed by atoms with E-state index >= 15 is 0 Å². The molecule has 16 unspecified atom stereocenters. The molecular formula is C111H166O28S. The van der Waals surface area contributed by atoms with Gasteiger partial charge in [-0.2, -0.15) is 0 Å². The van der Waals surface area contributed by atoms with Crippen LogP contribution in [0, 0.1) is 71.0 Å². The molecule has 2 aliphatic heterocycles. The van der Waals surface area contributed by atoms with E-state index in [4.69, 9.17) is 61.6 Å². The molecule has 1 aromatic rings. The topological polar surface area (TPSA) is 398 Å². The van der Waals surface area contributed by atoms with Crippen molar-refractivity contribution in [2.75, 3.05) is 83.5 Å². The van der Waals surface area contributed by atoms with Crippen LogP contribution in [0.15, 0.2) is 193 Å². The van der Waals surface area contributed by atoms with Gasteiger partial charge in [0.05, 0.1) is 100 Å². The molecule has 2 heterocycles. The molecule has 140 heavy (non-hydrogen) atoms. The highest BCUT2D eigenvalue weighted by Crippen LogP contribution is 2.44. The molecule has 0 aromatic heterocycles. The van der Waals surface area contributed by atoms with Crippen LogP contribution in [-0.2, 0) is 106 Å². The Kier molecular flexibility index (Phi) is 54.2. The van der Waals surface area contributed by atoms with Crippen molar-refractivity contribution < 1.29 is 136 Å². The van der Waals surface area contributed by atoms with Crippen molar-refractivity contribution in [2.24, 2.45) is 71.0 Å². The van der Waals surface area contributed by atoms with Crippen LogP contribution in [0.4, 0.5) is 0 Å². The molecule has 0 spiro atoms. The highest BCUT2D eigenvalue weighted by Gasteiger charge is 2.49. The molecule has 2 saturated heterocycles. The first kappa shape index (κ1) is 123. The van der Waals surface area contributed by atoms with E-state index in [2.05, 4.69) is 90.6 Å². The lowest BCUT2D eigenvalue weighted by molar-refractivity contribution is -0.285. The van der Waals surface area contributed by atoms with Gasteiger partial charge in [-0.15, -0.1) is 11.8 Å². The summed E-state index contributed by atoms with van der Waals surface area (Å²) in [5, 5.41) is 72.1. The number of Topliss-reactive ketones (excluding diaryl/α,β-unsaturated/α-hetero) is 7. The van der Waals surface area contributed by atoms with Gasteiger partial charge in [0, 0.05) is 97.2 Å². The lowest BCUT2D eigenvalue weighted by Gasteiger charge is -2.40. The van der Waals surface area contributed by atoms with E-state index in [1.165, 1.54) is 116 Å². The average Bonchev–Trinajstić information content (AvgIpc) is 0.846. The third kappa shape index (κ3) is 35.4. The second kappa shape index (κ2) is 61.7. The molecule has 7 N–H and O–H groups in total. The van der Waals surface area contributed by atoms with Gasteiger partial charge in [-0.3, -0.25) is 38.4 Å². The van der Waals surface area contributed by atoms with Crippen LogP contribution in [0.3, 0.4) is 0 Å². The van der Waals surface area contributed by atoms with Crippen LogP contribution >= 0.6 is 11.8 Å². The number of ketones is 7. The number of methoxy groups -OCH3 is 9. The summed E-state index contributed by atoms with van der Waals surface area (Å²) in [6.07, 6.45) is 24.0. The minimum absolute atomic E-state index is 0.0235. The second-order valence-corrected chi connectivity index (χ2v) is 38.8. The maximum Gasteiger partial charge on any atom is 0.303 e. The van der Waals surface area contributed by atoms with Crippen LogP contribution in [0.1, 0.15) is 233 Å². The summed E-state index contributed by atoms with van der Waals surface area (Å²) >= 11 is 1.32. The Hall–Kier alpha value is -9.27. The Labute approximate surface area is 837 Å². The minimum atomic E-state index is -1.23. The molecule has 0 saturated carbocycles. The molecular weight excluding hydrogens is 1810 g/mol. The summed E-state index contributed by atoms with van der Waals surface area (Å²) in [5.41, 5.74) is 10.3. The summed E-state index contributed by atoms with van der Waals surface area (Å²) in [5.74, 6) is -0.953. The third-order valence-corrected chi connectivity index (χ3v) is 28.7. The van der Waals surface area contributed by atoms with Crippen molar-refractivity contribution in [3.63, 3.8) is 0 Å². The molecule has 784 valence electrons. The van der Waals surface area contributed by atoms with Gasteiger partial charge in [0.25, 0.3) is 0 Å². The molecule has 1 aromatic carbocycles. The SMILES string of the molecule is C=C1OC(C/C(C)=C/CC/C(C)=C/C[C@@H]2[C@@H](C)C(=O)C(OC)=C(OC)[C@@H]2OC(C)=O)CC1C.CCC(=O)C/C(C)=C/CC1C(C)C(=O)C(SC)=C(OC)C1O.COC1=C(OC)C(O)C(C/C=C(\C)CC/C=C(\C)CC/C=C(\C)C(C)=O)C(C)C1=O.COC1=C(OC)C(O)C(C/C=C(\C)CCc2ccccc2)C(C)C1=O.COC1=C(OC)C(O)C(C/C=C(\C)CO[C@H]2OC(CO)[C@H](C)C(O)[C@H]2O)C(C)C1=O. The summed E-state index contributed by atoms with van der Waals surface area (Å²) < 4.78 is 69.6. The number of aliphatic hydroxyl groups is 7. The molecule has 28 nitrogen and oxygen atoms in total. The van der Waals surface area contributed by atoms with Crippen molar-refractivity contribution in [2.45, 2.75) is 295 Å². The van der Waals surface area contributed by atoms with Crippen LogP contribution in [-0.4, -0.2) is 227 Å². The molecule has 5 aliphatic carbocycles. The van der Waals surface area contributed by atoms with Crippen LogP contribution in [0.2, 0.25) is 0 Å². The number of esters is 1. The number of carbonyl (C=O) groups excluding carboxylic acids is 8. The highest BCUT2D eigenvalue weighted by molar-refractivity contribution is 8.03. The van der Waals surface area contributed by atoms with Gasteiger partial charge < -0.3 is 97.3 Å². The predicted octanol–water partition coefficient (Wildman–Crippen LogP) is 17.6. The van der Waals surface area contributed by atoms with Gasteiger partial charge in [-0.25, -0.2) is 0 Å². The predicted molar refractivity (Wildman–Crippen MR) is 541 cm³/mol. The van der Waals surface area contributed by atoms with Crippen molar-refractivity contribution in [3.8, 4) is 0 Å². The number of carbonyl (C=O) groups is 8. The fourth-order valence-electron chi connectivity index (χ4n) is 18.2. The van der Waals surface area contributed by atoms with Crippen molar-refractivity contribution in [3.05, 3.63) is 198 Å². The van der Waals surface area contributed by atoms with Crippen molar-refractivity contribution in [1.29, 1.82) is 0 Å². The molecule has 0 amide bonds. The average molecular weight is 1980 g/mol. The fraction of sp³-hybridized carbons (Fsp3) is 0.622.